The molecule has 1 saturated heterocycles. The summed E-state index contributed by atoms with van der Waals surface area (Å²) < 4.78 is 0. The van der Waals surface area contributed by atoms with Crippen LogP contribution in [0, 0.1) is 18.9 Å². The van der Waals surface area contributed by atoms with E-state index in [9.17, 15) is 9.59 Å². The fourth-order valence-corrected chi connectivity index (χ4v) is 1.85. The lowest BCUT2D eigenvalue weighted by molar-refractivity contribution is -0.136. The van der Waals surface area contributed by atoms with Crippen LogP contribution >= 0.6 is 0 Å². The summed E-state index contributed by atoms with van der Waals surface area (Å²) in [6, 6.07) is 0. The van der Waals surface area contributed by atoms with E-state index >= 15 is 0 Å². The number of hydrogen-bond donors (Lipinski definition) is 0. The maximum atomic E-state index is 11.4. The van der Waals surface area contributed by atoms with Crippen LogP contribution in [0.15, 0.2) is 12.2 Å². The molecule has 3 heteroatoms. The zero-order valence-corrected chi connectivity index (χ0v) is 6.69. The number of carbonyl (C=O) groups is 2. The molecule has 0 bridgehead atoms. The summed E-state index contributed by atoms with van der Waals surface area (Å²) in [4.78, 5) is 23.7. The zero-order chi connectivity index (χ0) is 8.72. The fraction of sp³-hybridized carbons (Fsp3) is 0.444. The van der Waals surface area contributed by atoms with Crippen LogP contribution in [0.1, 0.15) is 12.8 Å². The van der Waals surface area contributed by atoms with Gasteiger partial charge in [-0.1, -0.05) is 12.2 Å². The number of hydrogen-bond acceptors (Lipinski definition) is 2. The van der Waals surface area contributed by atoms with Crippen molar-refractivity contribution >= 4 is 11.8 Å². The van der Waals surface area contributed by atoms with E-state index in [4.69, 9.17) is 0 Å². The molecule has 1 fully saturated rings. The van der Waals surface area contributed by atoms with Crippen LogP contribution in [0.25, 0.3) is 0 Å². The Morgan fingerprint density at radius 3 is 2.83 bits per heavy atom. The topological polar surface area (TPSA) is 37.4 Å². The average Bonchev–Trinajstić information content (AvgIpc) is 2.33. The van der Waals surface area contributed by atoms with Gasteiger partial charge < -0.3 is 0 Å². The molecule has 0 aromatic heterocycles. The van der Waals surface area contributed by atoms with E-state index in [1.165, 1.54) is 0 Å². The molecule has 0 N–H and O–H groups in total. The van der Waals surface area contributed by atoms with E-state index in [1.54, 1.807) is 0 Å². The van der Waals surface area contributed by atoms with Gasteiger partial charge >= 0.3 is 0 Å². The predicted molar refractivity (Wildman–Crippen MR) is 42.6 cm³/mol. The Hall–Kier alpha value is -1.12. The lowest BCUT2D eigenvalue weighted by Crippen LogP contribution is -2.23. The predicted octanol–water partition coefficient (Wildman–Crippen LogP) is 0.729. The highest BCUT2D eigenvalue weighted by Crippen LogP contribution is 2.33. The number of nitrogens with zero attached hydrogens (tertiary/aromatic N) is 1. The van der Waals surface area contributed by atoms with Gasteiger partial charge in [0.1, 0.15) is 0 Å². The number of amides is 2. The lowest BCUT2D eigenvalue weighted by atomic mass is 9.86. The molecular formula is C9H10NO2. The summed E-state index contributed by atoms with van der Waals surface area (Å²) in [5.41, 5.74) is 0. The van der Waals surface area contributed by atoms with Crippen molar-refractivity contribution in [3.05, 3.63) is 19.2 Å². The van der Waals surface area contributed by atoms with E-state index in [1.807, 2.05) is 12.2 Å². The number of imide groups is 1. The van der Waals surface area contributed by atoms with Crippen LogP contribution in [-0.4, -0.2) is 16.7 Å². The number of fused-ring (bicyclic) bond motifs is 1. The summed E-state index contributed by atoms with van der Waals surface area (Å²) in [6.07, 6.45) is 5.48. The Labute approximate surface area is 71.0 Å². The molecule has 1 radical (unpaired) electrons. The molecule has 2 rings (SSSR count). The molecule has 0 aromatic rings. The Balaban J connectivity index is 2.34. The molecule has 3 nitrogen and oxygen atoms in total. The highest BCUT2D eigenvalue weighted by Gasteiger charge is 2.44. The highest BCUT2D eigenvalue weighted by molar-refractivity contribution is 6.06. The van der Waals surface area contributed by atoms with Crippen molar-refractivity contribution in [2.75, 3.05) is 0 Å². The monoisotopic (exact) mass is 164 g/mol. The molecule has 2 atom stereocenters. The first kappa shape index (κ1) is 7.53. The van der Waals surface area contributed by atoms with Gasteiger partial charge in [0.2, 0.25) is 11.8 Å². The summed E-state index contributed by atoms with van der Waals surface area (Å²) in [6.45, 7) is 0. The average molecular weight is 164 g/mol. The lowest BCUT2D eigenvalue weighted by Gasteiger charge is -2.14. The Kier molecular flexibility index (Phi) is 1.53. The van der Waals surface area contributed by atoms with Crippen LogP contribution in [0.4, 0.5) is 0 Å². The number of carbonyl (C=O) groups excluding carboxylic acids is 2. The molecule has 1 heterocycles. The van der Waals surface area contributed by atoms with Crippen molar-refractivity contribution in [3.63, 3.8) is 0 Å². The van der Waals surface area contributed by atoms with Gasteiger partial charge in [-0.2, -0.15) is 0 Å². The van der Waals surface area contributed by atoms with Gasteiger partial charge in [0.05, 0.1) is 11.8 Å². The first-order valence-corrected chi connectivity index (χ1v) is 4.07. The number of rotatable bonds is 0. The van der Waals surface area contributed by atoms with Crippen molar-refractivity contribution in [1.82, 2.24) is 4.90 Å². The molecule has 1 aliphatic heterocycles. The van der Waals surface area contributed by atoms with E-state index in [2.05, 4.69) is 7.05 Å². The molecule has 0 aromatic carbocycles. The summed E-state index contributed by atoms with van der Waals surface area (Å²) >= 11 is 0. The van der Waals surface area contributed by atoms with Crippen LogP contribution in [0.5, 0.6) is 0 Å². The van der Waals surface area contributed by atoms with Crippen LogP contribution in [-0.2, 0) is 9.59 Å². The zero-order valence-electron chi connectivity index (χ0n) is 6.69. The second-order valence-electron chi connectivity index (χ2n) is 3.24. The Morgan fingerprint density at radius 1 is 1.42 bits per heavy atom. The molecule has 0 saturated carbocycles. The third-order valence-electron chi connectivity index (χ3n) is 2.56. The smallest absolute Gasteiger partial charge is 0.236 e. The van der Waals surface area contributed by atoms with Gasteiger partial charge in [0.15, 0.2) is 0 Å². The molecule has 63 valence electrons. The Bertz CT molecular complexity index is 270. The molecule has 0 spiro atoms. The fourth-order valence-electron chi connectivity index (χ4n) is 1.85. The molecule has 12 heavy (non-hydrogen) atoms. The SMILES string of the molecule is [CH2]N1C(=O)C2C=CCCC2C1=O. The first-order chi connectivity index (χ1) is 5.72. The van der Waals surface area contributed by atoms with E-state index in [-0.39, 0.29) is 23.7 Å². The van der Waals surface area contributed by atoms with Crippen LogP contribution in [0.3, 0.4) is 0 Å². The summed E-state index contributed by atoms with van der Waals surface area (Å²) in [5.74, 6) is -0.612. The van der Waals surface area contributed by atoms with Gasteiger partial charge in [0.25, 0.3) is 0 Å². The summed E-state index contributed by atoms with van der Waals surface area (Å²) in [5, 5.41) is 0. The Morgan fingerprint density at radius 2 is 2.17 bits per heavy atom. The number of likely N-dealkylation sites (tertiary alicyclic amines) is 1. The van der Waals surface area contributed by atoms with E-state index in [0.29, 0.717) is 0 Å². The maximum Gasteiger partial charge on any atom is 0.236 e. The molecule has 2 aliphatic rings. The van der Waals surface area contributed by atoms with Crippen molar-refractivity contribution in [2.45, 2.75) is 12.8 Å². The third kappa shape index (κ3) is 0.823. The largest absolute Gasteiger partial charge is 0.280 e. The molecule has 1 aliphatic carbocycles. The van der Waals surface area contributed by atoms with Crippen molar-refractivity contribution in [2.24, 2.45) is 11.8 Å². The van der Waals surface area contributed by atoms with Crippen molar-refractivity contribution in [1.29, 1.82) is 0 Å². The van der Waals surface area contributed by atoms with Gasteiger partial charge in [0, 0.05) is 7.05 Å². The van der Waals surface area contributed by atoms with E-state index in [0.717, 1.165) is 17.7 Å². The molecule has 2 amide bonds. The quantitative estimate of drug-likeness (QED) is 0.391. The third-order valence-corrected chi connectivity index (χ3v) is 2.56. The normalized spacial score (nSPS) is 34.2. The maximum absolute atomic E-state index is 11.4. The molecular weight excluding hydrogens is 154 g/mol. The van der Waals surface area contributed by atoms with Gasteiger partial charge in [-0.15, -0.1) is 0 Å². The second kappa shape index (κ2) is 2.44. The van der Waals surface area contributed by atoms with Crippen molar-refractivity contribution in [3.8, 4) is 0 Å². The summed E-state index contributed by atoms with van der Waals surface area (Å²) in [7, 11) is 3.42. The van der Waals surface area contributed by atoms with Crippen LogP contribution < -0.4 is 0 Å². The molecule has 2 unspecified atom stereocenters. The van der Waals surface area contributed by atoms with Gasteiger partial charge in [-0.3, -0.25) is 14.5 Å². The second-order valence-corrected chi connectivity index (χ2v) is 3.24. The highest BCUT2D eigenvalue weighted by atomic mass is 16.2. The van der Waals surface area contributed by atoms with Crippen LogP contribution in [0.2, 0.25) is 0 Å². The minimum absolute atomic E-state index is 0.116. The minimum Gasteiger partial charge on any atom is -0.280 e. The standard InChI is InChI=1S/C9H10NO2/c1-10-8(11)6-4-2-3-5-7(6)9(10)12/h2,4,6-7H,1,3,5H2. The minimum atomic E-state index is -0.219. The van der Waals surface area contributed by atoms with Crippen molar-refractivity contribution < 1.29 is 9.59 Å². The van der Waals surface area contributed by atoms with Gasteiger partial charge in [-0.25, -0.2) is 0 Å². The first-order valence-electron chi connectivity index (χ1n) is 4.07. The van der Waals surface area contributed by atoms with E-state index < -0.39 is 0 Å². The van der Waals surface area contributed by atoms with Gasteiger partial charge in [-0.05, 0) is 12.8 Å². The number of allylic oxidation sites excluding steroid dienone is 1.